The molecule has 0 bridgehead atoms. The lowest BCUT2D eigenvalue weighted by Crippen LogP contribution is -2.23. The molecule has 128 valence electrons. The molecular weight excluding hydrogens is 325 g/mol. The fourth-order valence-electron chi connectivity index (χ4n) is 2.44. The van der Waals surface area contributed by atoms with E-state index in [-0.39, 0.29) is 11.7 Å². The number of thioether (sulfide) groups is 1. The van der Waals surface area contributed by atoms with E-state index in [0.717, 1.165) is 27.7 Å². The molecule has 0 radical (unpaired) electrons. The molecule has 0 unspecified atom stereocenters. The minimum atomic E-state index is -0.251. The van der Waals surface area contributed by atoms with Crippen molar-refractivity contribution in [2.45, 2.75) is 45.3 Å². The second kappa shape index (κ2) is 8.24. The standard InChI is InChI=1S/C18H22FN3OS/c1-11-5-6-14(9-16(11)19)10-20-17(23)8-7-15-12(2)21-18(24-4)22-13(15)3/h5-6,9H,7-8,10H2,1-4H3,(H,20,23). The molecule has 1 heterocycles. The number of benzene rings is 1. The van der Waals surface area contributed by atoms with E-state index in [1.54, 1.807) is 13.0 Å². The van der Waals surface area contributed by atoms with Gasteiger partial charge in [-0.25, -0.2) is 14.4 Å². The van der Waals surface area contributed by atoms with Crippen molar-refractivity contribution in [2.75, 3.05) is 6.26 Å². The molecule has 2 rings (SSSR count). The summed E-state index contributed by atoms with van der Waals surface area (Å²) in [4.78, 5) is 20.9. The van der Waals surface area contributed by atoms with Gasteiger partial charge >= 0.3 is 0 Å². The fourth-order valence-corrected chi connectivity index (χ4v) is 2.89. The summed E-state index contributed by atoms with van der Waals surface area (Å²) in [6, 6.07) is 5.00. The van der Waals surface area contributed by atoms with E-state index in [1.165, 1.54) is 17.8 Å². The number of carbonyl (C=O) groups is 1. The lowest BCUT2D eigenvalue weighted by atomic mass is 10.1. The summed E-state index contributed by atoms with van der Waals surface area (Å²) in [5, 5.41) is 3.58. The second-order valence-corrected chi connectivity index (χ2v) is 6.49. The number of nitrogens with zero attached hydrogens (tertiary/aromatic N) is 2. The van der Waals surface area contributed by atoms with Crippen LogP contribution in [-0.2, 0) is 17.8 Å². The minimum Gasteiger partial charge on any atom is -0.352 e. The van der Waals surface area contributed by atoms with Crippen molar-refractivity contribution in [3.8, 4) is 0 Å². The van der Waals surface area contributed by atoms with Crippen LogP contribution in [0.3, 0.4) is 0 Å². The molecule has 1 aromatic carbocycles. The molecule has 0 saturated heterocycles. The Bertz CT molecular complexity index is 726. The summed E-state index contributed by atoms with van der Waals surface area (Å²) in [6.07, 6.45) is 2.90. The van der Waals surface area contributed by atoms with Crippen LogP contribution in [0.25, 0.3) is 0 Å². The van der Waals surface area contributed by atoms with Crippen molar-refractivity contribution < 1.29 is 9.18 Å². The highest BCUT2D eigenvalue weighted by atomic mass is 32.2. The van der Waals surface area contributed by atoms with Crippen molar-refractivity contribution in [3.05, 3.63) is 52.1 Å². The topological polar surface area (TPSA) is 54.9 Å². The third kappa shape index (κ3) is 4.77. The van der Waals surface area contributed by atoms with Gasteiger partial charge in [-0.15, -0.1) is 0 Å². The van der Waals surface area contributed by atoms with Crippen LogP contribution in [0.5, 0.6) is 0 Å². The summed E-state index contributed by atoms with van der Waals surface area (Å²) in [6.45, 7) is 5.93. The van der Waals surface area contributed by atoms with E-state index < -0.39 is 0 Å². The second-order valence-electron chi connectivity index (χ2n) is 5.72. The molecule has 1 N–H and O–H groups in total. The van der Waals surface area contributed by atoms with Crippen molar-refractivity contribution in [1.29, 1.82) is 0 Å². The molecule has 24 heavy (non-hydrogen) atoms. The van der Waals surface area contributed by atoms with Crippen LogP contribution in [-0.4, -0.2) is 22.1 Å². The van der Waals surface area contributed by atoms with Crippen LogP contribution in [0.15, 0.2) is 23.4 Å². The van der Waals surface area contributed by atoms with E-state index >= 15 is 0 Å². The van der Waals surface area contributed by atoms with Gasteiger partial charge in [0, 0.05) is 24.4 Å². The van der Waals surface area contributed by atoms with Crippen LogP contribution in [0, 0.1) is 26.6 Å². The highest BCUT2D eigenvalue weighted by Crippen LogP contribution is 2.17. The molecule has 0 atom stereocenters. The zero-order valence-corrected chi connectivity index (χ0v) is 15.3. The van der Waals surface area contributed by atoms with Gasteiger partial charge in [0.25, 0.3) is 0 Å². The van der Waals surface area contributed by atoms with Crippen LogP contribution < -0.4 is 5.32 Å². The molecule has 0 spiro atoms. The van der Waals surface area contributed by atoms with Gasteiger partial charge in [0.05, 0.1) is 0 Å². The molecule has 0 aliphatic heterocycles. The smallest absolute Gasteiger partial charge is 0.220 e. The molecule has 1 amide bonds. The van der Waals surface area contributed by atoms with Gasteiger partial charge in [0.1, 0.15) is 5.82 Å². The molecule has 6 heteroatoms. The first kappa shape index (κ1) is 18.4. The average molecular weight is 347 g/mol. The molecule has 0 aliphatic carbocycles. The van der Waals surface area contributed by atoms with Gasteiger partial charge < -0.3 is 5.32 Å². The molecule has 0 saturated carbocycles. The third-order valence-corrected chi connectivity index (χ3v) is 4.46. The van der Waals surface area contributed by atoms with Gasteiger partial charge in [0.15, 0.2) is 5.16 Å². The maximum absolute atomic E-state index is 13.5. The summed E-state index contributed by atoms with van der Waals surface area (Å²) >= 11 is 1.51. The predicted octanol–water partition coefficient (Wildman–Crippen LogP) is 3.51. The summed E-state index contributed by atoms with van der Waals surface area (Å²) in [5.41, 5.74) is 4.21. The van der Waals surface area contributed by atoms with Crippen molar-refractivity contribution in [2.24, 2.45) is 0 Å². The Kier molecular flexibility index (Phi) is 6.31. The van der Waals surface area contributed by atoms with Gasteiger partial charge in [-0.3, -0.25) is 4.79 Å². The Morgan fingerprint density at radius 3 is 2.46 bits per heavy atom. The highest BCUT2D eigenvalue weighted by Gasteiger charge is 2.10. The molecule has 2 aromatic rings. The highest BCUT2D eigenvalue weighted by molar-refractivity contribution is 7.98. The van der Waals surface area contributed by atoms with E-state index in [0.29, 0.717) is 24.9 Å². The number of aryl methyl sites for hydroxylation is 3. The van der Waals surface area contributed by atoms with Crippen molar-refractivity contribution in [3.63, 3.8) is 0 Å². The lowest BCUT2D eigenvalue weighted by molar-refractivity contribution is -0.121. The number of halogens is 1. The maximum Gasteiger partial charge on any atom is 0.220 e. The Balaban J connectivity index is 1.90. The lowest BCUT2D eigenvalue weighted by Gasteiger charge is -2.10. The number of nitrogens with one attached hydrogen (secondary N) is 1. The Morgan fingerprint density at radius 2 is 1.88 bits per heavy atom. The van der Waals surface area contributed by atoms with Gasteiger partial charge in [-0.1, -0.05) is 23.9 Å². The van der Waals surface area contributed by atoms with E-state index in [2.05, 4.69) is 15.3 Å². The number of aromatic nitrogens is 2. The normalized spacial score (nSPS) is 10.7. The van der Waals surface area contributed by atoms with Crippen LogP contribution in [0.2, 0.25) is 0 Å². The number of carbonyl (C=O) groups excluding carboxylic acids is 1. The monoisotopic (exact) mass is 347 g/mol. The summed E-state index contributed by atoms with van der Waals surface area (Å²) in [5.74, 6) is -0.317. The largest absolute Gasteiger partial charge is 0.352 e. The zero-order valence-electron chi connectivity index (χ0n) is 14.4. The Hall–Kier alpha value is -1.95. The van der Waals surface area contributed by atoms with E-state index in [4.69, 9.17) is 0 Å². The first-order valence-corrected chi connectivity index (χ1v) is 9.03. The first-order chi connectivity index (χ1) is 11.4. The van der Waals surface area contributed by atoms with E-state index in [1.807, 2.05) is 26.2 Å². The third-order valence-electron chi connectivity index (χ3n) is 3.91. The summed E-state index contributed by atoms with van der Waals surface area (Å²) in [7, 11) is 0. The fraction of sp³-hybridized carbons (Fsp3) is 0.389. The quantitative estimate of drug-likeness (QED) is 0.642. The van der Waals surface area contributed by atoms with Crippen LogP contribution in [0.4, 0.5) is 4.39 Å². The Labute approximate surface area is 146 Å². The molecule has 0 fully saturated rings. The van der Waals surface area contributed by atoms with Crippen molar-refractivity contribution >= 4 is 17.7 Å². The average Bonchev–Trinajstić information content (AvgIpc) is 2.55. The molecular formula is C18H22FN3OS. The summed E-state index contributed by atoms with van der Waals surface area (Å²) < 4.78 is 13.5. The van der Waals surface area contributed by atoms with Crippen LogP contribution >= 0.6 is 11.8 Å². The van der Waals surface area contributed by atoms with Crippen LogP contribution in [0.1, 0.15) is 34.5 Å². The molecule has 0 aliphatic rings. The number of amides is 1. The number of hydrogen-bond acceptors (Lipinski definition) is 4. The van der Waals surface area contributed by atoms with E-state index in [9.17, 15) is 9.18 Å². The zero-order chi connectivity index (χ0) is 17.7. The SMILES string of the molecule is CSc1nc(C)c(CCC(=O)NCc2ccc(C)c(F)c2)c(C)n1. The first-order valence-electron chi connectivity index (χ1n) is 7.80. The van der Waals surface area contributed by atoms with Crippen molar-refractivity contribution in [1.82, 2.24) is 15.3 Å². The van der Waals surface area contributed by atoms with Gasteiger partial charge in [-0.2, -0.15) is 0 Å². The Morgan fingerprint density at radius 1 is 1.21 bits per heavy atom. The molecule has 1 aromatic heterocycles. The maximum atomic E-state index is 13.5. The molecule has 4 nitrogen and oxygen atoms in total. The number of hydrogen-bond donors (Lipinski definition) is 1. The van der Waals surface area contributed by atoms with Gasteiger partial charge in [0.2, 0.25) is 5.91 Å². The predicted molar refractivity (Wildman–Crippen MR) is 94.6 cm³/mol. The van der Waals surface area contributed by atoms with Gasteiger partial charge in [-0.05, 0) is 56.2 Å². The minimum absolute atomic E-state index is 0.0660. The number of rotatable bonds is 6.